The number of rotatable bonds is 4. The lowest BCUT2D eigenvalue weighted by molar-refractivity contribution is 0.670. The van der Waals surface area contributed by atoms with Gasteiger partial charge in [0.2, 0.25) is 0 Å². The Balaban J connectivity index is 0.976. The molecular weight excluding hydrogens is 881 g/mol. The second kappa shape index (κ2) is 14.3. The van der Waals surface area contributed by atoms with E-state index in [9.17, 15) is 0 Å². The van der Waals surface area contributed by atoms with E-state index in [0.29, 0.717) is 0 Å². The van der Waals surface area contributed by atoms with Crippen LogP contribution in [0.4, 0.5) is 0 Å². The summed E-state index contributed by atoms with van der Waals surface area (Å²) in [5.41, 5.74) is 19.1. The molecule has 2 aliphatic rings. The van der Waals surface area contributed by atoms with Crippen molar-refractivity contribution in [2.45, 2.75) is 26.2 Å². The molecule has 4 heterocycles. The van der Waals surface area contributed by atoms with Crippen LogP contribution in [0.1, 0.15) is 0 Å². The van der Waals surface area contributed by atoms with Gasteiger partial charge in [-0.15, -0.1) is 0 Å². The summed E-state index contributed by atoms with van der Waals surface area (Å²) < 4.78 is 14.4. The van der Waals surface area contributed by atoms with Gasteiger partial charge in [-0.1, -0.05) is 220 Å². The zero-order chi connectivity index (χ0) is 46.6. The molecule has 0 saturated heterocycles. The molecule has 70 heavy (non-hydrogen) atoms. The summed E-state index contributed by atoms with van der Waals surface area (Å²) in [6, 6.07) is 76.5. The first-order valence-electron chi connectivity index (χ1n) is 24.6. The Kier molecular flexibility index (Phi) is 8.14. The van der Waals surface area contributed by atoms with Gasteiger partial charge < -0.3 is 8.83 Å². The van der Waals surface area contributed by atoms with Gasteiger partial charge in [-0.25, -0.2) is 0 Å². The number of para-hydroxylation sites is 2. The van der Waals surface area contributed by atoms with Crippen molar-refractivity contribution in [1.82, 2.24) is 0 Å². The molecule has 2 aromatic heterocycles. The maximum atomic E-state index is 7.19. The zero-order valence-corrected chi connectivity index (χ0v) is 41.4. The van der Waals surface area contributed by atoms with Crippen LogP contribution in [0.25, 0.3) is 132 Å². The van der Waals surface area contributed by atoms with E-state index in [1.54, 1.807) is 0 Å². The van der Waals surface area contributed by atoms with Gasteiger partial charge in [-0.05, 0) is 110 Å². The van der Waals surface area contributed by atoms with Crippen LogP contribution < -0.4 is 20.7 Å². The SMILES string of the molecule is C[Si]1(C)c2cc3c(cc2-c2c1cc(-c1ccc(-c4ccccc4)c4ccccc14)c1c2oc2ccccc21)[Si](C)(C)c1cc(-c2ccc(-c4ccccc4)c4ccccc24)c2c(oc4ccccc42)c1-3. The molecular formula is C66H46O2Si2. The van der Waals surface area contributed by atoms with Crippen molar-refractivity contribution in [3.8, 4) is 66.8 Å². The second-order valence-electron chi connectivity index (χ2n) is 20.6. The minimum atomic E-state index is -2.36. The normalized spacial score (nSPS) is 14.2. The highest BCUT2D eigenvalue weighted by Gasteiger charge is 2.46. The maximum absolute atomic E-state index is 7.19. The van der Waals surface area contributed by atoms with E-state index < -0.39 is 16.1 Å². The van der Waals surface area contributed by atoms with E-state index in [1.165, 1.54) is 120 Å². The van der Waals surface area contributed by atoms with Crippen molar-refractivity contribution in [2.75, 3.05) is 0 Å². The fourth-order valence-electron chi connectivity index (χ4n) is 12.9. The van der Waals surface area contributed by atoms with Gasteiger partial charge in [-0.2, -0.15) is 0 Å². The molecule has 2 nitrogen and oxygen atoms in total. The molecule has 0 aliphatic carbocycles. The highest BCUT2D eigenvalue weighted by atomic mass is 28.3. The first-order valence-corrected chi connectivity index (χ1v) is 30.6. The fourth-order valence-corrected chi connectivity index (χ4v) is 19.0. The fraction of sp³-hybridized carbons (Fsp3) is 0.0606. The minimum Gasteiger partial charge on any atom is -0.455 e. The van der Waals surface area contributed by atoms with Gasteiger partial charge >= 0.3 is 0 Å². The number of hydrogen-bond acceptors (Lipinski definition) is 2. The predicted molar refractivity (Wildman–Crippen MR) is 302 cm³/mol. The van der Waals surface area contributed by atoms with Crippen LogP contribution in [0.15, 0.2) is 215 Å². The highest BCUT2D eigenvalue weighted by Crippen LogP contribution is 2.50. The predicted octanol–water partition coefficient (Wildman–Crippen LogP) is 16.1. The van der Waals surface area contributed by atoms with Crippen LogP contribution in [0.3, 0.4) is 0 Å². The summed E-state index contributed by atoms with van der Waals surface area (Å²) in [4.78, 5) is 0. The molecule has 11 aromatic carbocycles. The first kappa shape index (κ1) is 39.9. The summed E-state index contributed by atoms with van der Waals surface area (Å²) in [6.45, 7) is 10.2. The van der Waals surface area contributed by atoms with Crippen molar-refractivity contribution in [1.29, 1.82) is 0 Å². The zero-order valence-electron chi connectivity index (χ0n) is 39.4. The molecule has 0 N–H and O–H groups in total. The van der Waals surface area contributed by atoms with Crippen molar-refractivity contribution >= 4 is 102 Å². The Hall–Kier alpha value is -8.03. The van der Waals surface area contributed by atoms with Gasteiger partial charge in [0.25, 0.3) is 0 Å². The Bertz CT molecular complexity index is 4120. The molecule has 15 rings (SSSR count). The molecule has 0 bridgehead atoms. The molecule has 0 unspecified atom stereocenters. The van der Waals surface area contributed by atoms with Gasteiger partial charge in [0.15, 0.2) is 0 Å². The van der Waals surface area contributed by atoms with Gasteiger partial charge in [-0.3, -0.25) is 0 Å². The van der Waals surface area contributed by atoms with Crippen molar-refractivity contribution < 1.29 is 8.83 Å². The molecule has 0 atom stereocenters. The molecule has 4 heteroatoms. The molecule has 2 aliphatic heterocycles. The van der Waals surface area contributed by atoms with E-state index in [-0.39, 0.29) is 0 Å². The van der Waals surface area contributed by atoms with E-state index in [1.807, 2.05) is 0 Å². The van der Waals surface area contributed by atoms with Gasteiger partial charge in [0.1, 0.15) is 38.5 Å². The largest absolute Gasteiger partial charge is 0.455 e. The summed E-state index contributed by atoms with van der Waals surface area (Å²) >= 11 is 0. The lowest BCUT2D eigenvalue weighted by Crippen LogP contribution is -2.51. The van der Waals surface area contributed by atoms with Crippen LogP contribution in [-0.4, -0.2) is 16.1 Å². The smallest absolute Gasteiger partial charge is 0.143 e. The summed E-state index contributed by atoms with van der Waals surface area (Å²) in [5.74, 6) is 0. The number of fused-ring (bicyclic) bond motifs is 16. The van der Waals surface area contributed by atoms with E-state index in [0.717, 1.165) is 33.1 Å². The molecule has 0 radical (unpaired) electrons. The number of hydrogen-bond donors (Lipinski definition) is 0. The Morgan fingerprint density at radius 2 is 0.586 bits per heavy atom. The molecule has 13 aromatic rings. The van der Waals surface area contributed by atoms with E-state index in [2.05, 4.69) is 232 Å². The lowest BCUT2D eigenvalue weighted by atomic mass is 9.88. The van der Waals surface area contributed by atoms with Crippen LogP contribution in [0, 0.1) is 0 Å². The Labute approximate surface area is 408 Å². The van der Waals surface area contributed by atoms with Gasteiger partial charge in [0.05, 0.1) is 0 Å². The molecule has 0 fully saturated rings. The average Bonchev–Trinajstić information content (AvgIpc) is 4.11. The molecule has 330 valence electrons. The Morgan fingerprint density at radius 3 is 0.986 bits per heavy atom. The molecule has 0 saturated carbocycles. The van der Waals surface area contributed by atoms with Crippen molar-refractivity contribution in [3.05, 3.63) is 206 Å². The van der Waals surface area contributed by atoms with Crippen molar-refractivity contribution in [2.24, 2.45) is 0 Å². The Morgan fingerprint density at radius 1 is 0.271 bits per heavy atom. The third-order valence-electron chi connectivity index (χ3n) is 16.3. The number of furan rings is 2. The standard InChI is InChI=1S/C66H46O2Si2/c1-69(2)57-37-54-58(38-53(57)63-59(69)35-51(61-49-27-15-17-29-55(49)67-65(61)63)47-33-31-41(39-19-7-5-8-20-39)43-23-11-13-25-45(43)47)70(3,4)60-36-52(62-50-28-16-18-30-56(50)68-66(62)64(54)60)48-34-32-42(40-21-9-6-10-22-40)44-24-12-14-26-46(44)48/h5-38H,1-4H3. The highest BCUT2D eigenvalue weighted by molar-refractivity contribution is 7.06. The second-order valence-corrected chi connectivity index (χ2v) is 29.3. The summed E-state index contributed by atoms with van der Waals surface area (Å²) in [5, 5.41) is 15.6. The van der Waals surface area contributed by atoms with Crippen molar-refractivity contribution in [3.63, 3.8) is 0 Å². The van der Waals surface area contributed by atoms with Crippen LogP contribution in [0.5, 0.6) is 0 Å². The molecule has 0 amide bonds. The molecule has 0 spiro atoms. The van der Waals surface area contributed by atoms with E-state index >= 15 is 0 Å². The average molecular weight is 927 g/mol. The third-order valence-corrected chi connectivity index (χ3v) is 23.3. The maximum Gasteiger partial charge on any atom is 0.143 e. The first-order chi connectivity index (χ1) is 34.3. The van der Waals surface area contributed by atoms with Crippen LogP contribution in [-0.2, 0) is 0 Å². The summed E-state index contributed by atoms with van der Waals surface area (Å²) in [7, 11) is -4.71. The van der Waals surface area contributed by atoms with E-state index in [4.69, 9.17) is 8.83 Å². The minimum absolute atomic E-state index is 0.928. The quantitative estimate of drug-likeness (QED) is 0.164. The van der Waals surface area contributed by atoms with Gasteiger partial charge in [0, 0.05) is 32.7 Å². The van der Waals surface area contributed by atoms with Crippen LogP contribution >= 0.6 is 0 Å². The van der Waals surface area contributed by atoms with Crippen LogP contribution in [0.2, 0.25) is 26.2 Å². The lowest BCUT2D eigenvalue weighted by Gasteiger charge is -2.22. The number of benzene rings is 11. The monoisotopic (exact) mass is 926 g/mol. The summed E-state index contributed by atoms with van der Waals surface area (Å²) in [6.07, 6.45) is 0. The topological polar surface area (TPSA) is 26.3 Å². The third kappa shape index (κ3) is 5.32.